The lowest BCUT2D eigenvalue weighted by Crippen LogP contribution is -2.29. The number of rotatable bonds is 2. The Morgan fingerprint density at radius 1 is 0.676 bits per heavy atom. The van der Waals surface area contributed by atoms with Crippen molar-refractivity contribution in [3.8, 4) is 11.1 Å². The van der Waals surface area contributed by atoms with Crippen LogP contribution in [0.15, 0.2) is 97.6 Å². The zero-order valence-corrected chi connectivity index (χ0v) is 18.6. The SMILES string of the molecule is Clc1cnnc2[nH]ccc12.OB(O)c1ccccc1.c1ccc(-c2cnnc3[nH]ccc23)cc1. The van der Waals surface area contributed by atoms with Crippen LogP contribution < -0.4 is 5.46 Å². The summed E-state index contributed by atoms with van der Waals surface area (Å²) in [5.41, 5.74) is 4.36. The number of benzene rings is 2. The van der Waals surface area contributed by atoms with Gasteiger partial charge < -0.3 is 20.0 Å². The maximum absolute atomic E-state index is 8.58. The van der Waals surface area contributed by atoms with Crippen molar-refractivity contribution in [2.75, 3.05) is 0 Å². The third kappa shape index (κ3) is 5.65. The number of aromatic nitrogens is 6. The number of fused-ring (bicyclic) bond motifs is 2. The third-order valence-electron chi connectivity index (χ3n) is 4.85. The summed E-state index contributed by atoms with van der Waals surface area (Å²) in [6.07, 6.45) is 6.99. The Morgan fingerprint density at radius 2 is 1.24 bits per heavy atom. The lowest BCUT2D eigenvalue weighted by Gasteiger charge is -2.01. The Kier molecular flexibility index (Phi) is 7.62. The van der Waals surface area contributed by atoms with Gasteiger partial charge in [-0.15, -0.1) is 10.2 Å². The van der Waals surface area contributed by atoms with Gasteiger partial charge in [-0.2, -0.15) is 10.2 Å². The fourth-order valence-electron chi connectivity index (χ4n) is 3.19. The van der Waals surface area contributed by atoms with E-state index in [0.29, 0.717) is 10.5 Å². The van der Waals surface area contributed by atoms with Crippen molar-refractivity contribution in [2.45, 2.75) is 0 Å². The number of nitrogens with one attached hydrogen (secondary N) is 2. The molecule has 0 fully saturated rings. The van der Waals surface area contributed by atoms with E-state index in [9.17, 15) is 0 Å². The molecule has 4 aromatic heterocycles. The molecule has 2 aromatic carbocycles. The molecule has 0 unspecified atom stereocenters. The highest BCUT2D eigenvalue weighted by Gasteiger charge is 2.07. The van der Waals surface area contributed by atoms with Gasteiger partial charge in [0.05, 0.1) is 17.4 Å². The van der Waals surface area contributed by atoms with Crippen LogP contribution in [0.4, 0.5) is 0 Å². The Morgan fingerprint density at radius 3 is 1.82 bits per heavy atom. The molecule has 0 aliphatic rings. The maximum Gasteiger partial charge on any atom is 0.488 e. The number of aromatic amines is 2. The van der Waals surface area contributed by atoms with E-state index < -0.39 is 7.12 Å². The predicted octanol–water partition coefficient (Wildman–Crippen LogP) is 3.60. The third-order valence-corrected chi connectivity index (χ3v) is 5.15. The van der Waals surface area contributed by atoms with Crippen LogP contribution in [0.1, 0.15) is 0 Å². The van der Waals surface area contributed by atoms with Crippen molar-refractivity contribution in [3.05, 3.63) is 103 Å². The number of nitrogens with zero attached hydrogens (tertiary/aromatic N) is 4. The summed E-state index contributed by atoms with van der Waals surface area (Å²) in [6, 6.07) is 22.7. The van der Waals surface area contributed by atoms with Crippen LogP contribution in [0.25, 0.3) is 33.2 Å². The van der Waals surface area contributed by atoms with Crippen molar-refractivity contribution >= 4 is 46.2 Å². The topological polar surface area (TPSA) is 124 Å². The summed E-state index contributed by atoms with van der Waals surface area (Å²) in [5.74, 6) is 0. The molecule has 6 rings (SSSR count). The van der Waals surface area contributed by atoms with E-state index in [-0.39, 0.29) is 0 Å². The molecular formula is C24H20BClN6O2. The number of hydrogen-bond donors (Lipinski definition) is 4. The van der Waals surface area contributed by atoms with Gasteiger partial charge >= 0.3 is 7.12 Å². The highest BCUT2D eigenvalue weighted by atomic mass is 35.5. The zero-order chi connectivity index (χ0) is 23.8. The summed E-state index contributed by atoms with van der Waals surface area (Å²) in [6.45, 7) is 0. The van der Waals surface area contributed by atoms with Gasteiger partial charge in [-0.3, -0.25) is 0 Å². The first-order valence-electron chi connectivity index (χ1n) is 10.3. The second-order valence-electron chi connectivity index (χ2n) is 7.08. The molecule has 4 heterocycles. The predicted molar refractivity (Wildman–Crippen MR) is 134 cm³/mol. The summed E-state index contributed by atoms with van der Waals surface area (Å²) in [4.78, 5) is 5.96. The molecule has 0 amide bonds. The summed E-state index contributed by atoms with van der Waals surface area (Å²) in [5, 5.41) is 35.3. The van der Waals surface area contributed by atoms with Crippen molar-refractivity contribution in [1.29, 1.82) is 0 Å². The standard InChI is InChI=1S/C12H9N3.C6H7BO2.C6H4ClN3/c1-2-4-9(5-3-1)11-8-14-15-12-10(11)6-7-13-12;8-7(9)6-4-2-1-3-5-6;7-5-3-9-10-6-4(5)1-2-8-6/h1-8H,(H,13,15);1-5,8-9H;1-3H,(H,8,10). The molecule has 0 atom stereocenters. The fraction of sp³-hybridized carbons (Fsp3) is 0. The number of hydrogen-bond acceptors (Lipinski definition) is 6. The summed E-state index contributed by atoms with van der Waals surface area (Å²) < 4.78 is 0. The molecule has 0 aliphatic carbocycles. The lowest BCUT2D eigenvalue weighted by molar-refractivity contribution is 0.426. The average Bonchev–Trinajstić information content (AvgIpc) is 3.56. The summed E-state index contributed by atoms with van der Waals surface area (Å²) >= 11 is 5.78. The first kappa shape index (κ1) is 23.1. The van der Waals surface area contributed by atoms with Crippen molar-refractivity contribution in [1.82, 2.24) is 30.4 Å². The molecule has 0 spiro atoms. The molecule has 168 valence electrons. The first-order chi connectivity index (χ1) is 16.6. The van der Waals surface area contributed by atoms with Gasteiger partial charge in [0, 0.05) is 28.7 Å². The second-order valence-corrected chi connectivity index (χ2v) is 7.49. The molecule has 0 saturated carbocycles. The molecule has 6 aromatic rings. The number of H-pyrrole nitrogens is 2. The van der Waals surface area contributed by atoms with Gasteiger partial charge in [0.2, 0.25) is 0 Å². The van der Waals surface area contributed by atoms with Gasteiger partial charge in [0.1, 0.15) is 0 Å². The quantitative estimate of drug-likeness (QED) is 0.287. The van der Waals surface area contributed by atoms with Crippen LogP contribution in [0.5, 0.6) is 0 Å². The fourth-order valence-corrected chi connectivity index (χ4v) is 3.39. The van der Waals surface area contributed by atoms with Gasteiger partial charge in [-0.1, -0.05) is 72.3 Å². The van der Waals surface area contributed by atoms with Crippen molar-refractivity contribution in [3.63, 3.8) is 0 Å². The van der Waals surface area contributed by atoms with E-state index in [1.807, 2.05) is 42.6 Å². The Hall–Kier alpha value is -4.05. The van der Waals surface area contributed by atoms with Crippen LogP contribution >= 0.6 is 11.6 Å². The Balaban J connectivity index is 0.000000127. The molecular weight excluding hydrogens is 451 g/mol. The van der Waals surface area contributed by atoms with Crippen LogP contribution in [0.2, 0.25) is 5.02 Å². The van der Waals surface area contributed by atoms with Crippen molar-refractivity contribution in [2.24, 2.45) is 0 Å². The first-order valence-corrected chi connectivity index (χ1v) is 10.7. The smallest absolute Gasteiger partial charge is 0.423 e. The van der Waals surface area contributed by atoms with E-state index in [0.717, 1.165) is 33.2 Å². The van der Waals surface area contributed by atoms with E-state index in [1.54, 1.807) is 36.7 Å². The molecule has 0 bridgehead atoms. The minimum Gasteiger partial charge on any atom is -0.423 e. The van der Waals surface area contributed by atoms with E-state index >= 15 is 0 Å². The average molecular weight is 471 g/mol. The molecule has 4 N–H and O–H groups in total. The zero-order valence-electron chi connectivity index (χ0n) is 17.9. The van der Waals surface area contributed by atoms with Crippen LogP contribution in [-0.4, -0.2) is 47.5 Å². The molecule has 0 radical (unpaired) electrons. The second kappa shape index (κ2) is 11.2. The maximum atomic E-state index is 8.58. The minimum atomic E-state index is -1.34. The summed E-state index contributed by atoms with van der Waals surface area (Å²) in [7, 11) is -1.34. The largest absolute Gasteiger partial charge is 0.488 e. The minimum absolute atomic E-state index is 0.525. The molecule has 34 heavy (non-hydrogen) atoms. The van der Waals surface area contributed by atoms with Crippen LogP contribution in [-0.2, 0) is 0 Å². The van der Waals surface area contributed by atoms with E-state index in [1.165, 1.54) is 6.20 Å². The van der Waals surface area contributed by atoms with Crippen LogP contribution in [0, 0.1) is 0 Å². The number of halogens is 1. The highest BCUT2D eigenvalue weighted by Crippen LogP contribution is 2.25. The van der Waals surface area contributed by atoms with E-state index in [4.69, 9.17) is 21.6 Å². The van der Waals surface area contributed by atoms with Gasteiger partial charge in [0.15, 0.2) is 11.3 Å². The van der Waals surface area contributed by atoms with Gasteiger partial charge in [-0.05, 0) is 23.2 Å². The molecule has 0 aliphatic heterocycles. The monoisotopic (exact) mass is 470 g/mol. The Bertz CT molecular complexity index is 1460. The Labute approximate surface area is 200 Å². The molecule has 8 nitrogen and oxygen atoms in total. The van der Waals surface area contributed by atoms with Gasteiger partial charge in [-0.25, -0.2) is 0 Å². The normalized spacial score (nSPS) is 10.2. The molecule has 0 saturated heterocycles. The highest BCUT2D eigenvalue weighted by molar-refractivity contribution is 6.58. The lowest BCUT2D eigenvalue weighted by atomic mass is 9.81. The van der Waals surface area contributed by atoms with E-state index in [2.05, 4.69) is 42.5 Å². The molecule has 10 heteroatoms. The van der Waals surface area contributed by atoms with Gasteiger partial charge in [0.25, 0.3) is 0 Å². The van der Waals surface area contributed by atoms with Crippen molar-refractivity contribution < 1.29 is 10.0 Å². The van der Waals surface area contributed by atoms with Crippen LogP contribution in [0.3, 0.4) is 0 Å².